The van der Waals surface area contributed by atoms with Crippen LogP contribution in [-0.4, -0.2) is 39.6 Å². The number of benzene rings is 1. The van der Waals surface area contributed by atoms with E-state index in [1.165, 1.54) is 18.6 Å². The van der Waals surface area contributed by atoms with E-state index in [1.807, 2.05) is 0 Å². The molecule has 1 aromatic rings. The summed E-state index contributed by atoms with van der Waals surface area (Å²) in [6.45, 7) is 3.14. The molecule has 3 rings (SSSR count). The summed E-state index contributed by atoms with van der Waals surface area (Å²) in [6, 6.07) is 6.31. The molecule has 1 aliphatic carbocycles. The van der Waals surface area contributed by atoms with E-state index in [9.17, 15) is 13.2 Å². The molecule has 1 heterocycles. The maximum absolute atomic E-state index is 12.4. The molecule has 26 heavy (non-hydrogen) atoms. The van der Waals surface area contributed by atoms with E-state index in [0.29, 0.717) is 18.1 Å². The third-order valence-corrected chi connectivity index (χ3v) is 6.82. The van der Waals surface area contributed by atoms with Gasteiger partial charge in [0.1, 0.15) is 0 Å². The van der Waals surface area contributed by atoms with Crippen molar-refractivity contribution >= 4 is 15.9 Å². The van der Waals surface area contributed by atoms with Crippen LogP contribution < -0.4 is 10.0 Å². The van der Waals surface area contributed by atoms with Gasteiger partial charge in [0, 0.05) is 24.8 Å². The molecule has 2 fully saturated rings. The van der Waals surface area contributed by atoms with Crippen LogP contribution in [-0.2, 0) is 14.8 Å². The number of hydrogen-bond donors (Lipinski definition) is 2. The minimum atomic E-state index is -3.59. The van der Waals surface area contributed by atoms with Crippen LogP contribution in [0.15, 0.2) is 29.2 Å². The summed E-state index contributed by atoms with van der Waals surface area (Å²) in [5.74, 6) is 0.342. The first-order valence-electron chi connectivity index (χ1n) is 9.48. The summed E-state index contributed by atoms with van der Waals surface area (Å²) in [5.41, 5.74) is 0.487. The van der Waals surface area contributed by atoms with Gasteiger partial charge >= 0.3 is 0 Å². The lowest BCUT2D eigenvalue weighted by atomic mass is 9.86. The average molecular weight is 381 g/mol. The van der Waals surface area contributed by atoms with Crippen molar-refractivity contribution in [1.29, 1.82) is 0 Å². The number of nitrogens with one attached hydrogen (secondary N) is 2. The molecule has 1 saturated carbocycles. The molecule has 2 N–H and O–H groups in total. The van der Waals surface area contributed by atoms with Gasteiger partial charge in [0.25, 0.3) is 5.91 Å². The topological polar surface area (TPSA) is 84.5 Å². The minimum absolute atomic E-state index is 0.0488. The molecular weight excluding hydrogens is 352 g/mol. The average Bonchev–Trinajstić information content (AvgIpc) is 3.16. The molecule has 1 saturated heterocycles. The zero-order valence-corrected chi connectivity index (χ0v) is 16.1. The number of rotatable bonds is 6. The zero-order valence-electron chi connectivity index (χ0n) is 15.2. The molecular formula is C19H28N2O4S. The van der Waals surface area contributed by atoms with Crippen LogP contribution in [0.5, 0.6) is 0 Å². The molecule has 3 atom stereocenters. The SMILES string of the molecule is C[C@@H]1CCCC[C@H]1NC(=O)c1ccc(S(=O)(=O)NC[C@H]2CCCO2)cc1. The minimum Gasteiger partial charge on any atom is -0.377 e. The first-order valence-corrected chi connectivity index (χ1v) is 11.0. The van der Waals surface area contributed by atoms with E-state index in [1.54, 1.807) is 12.1 Å². The van der Waals surface area contributed by atoms with Gasteiger partial charge in [-0.2, -0.15) is 0 Å². The molecule has 2 aliphatic rings. The highest BCUT2D eigenvalue weighted by atomic mass is 32.2. The molecule has 0 radical (unpaired) electrons. The first-order chi connectivity index (χ1) is 12.5. The van der Waals surface area contributed by atoms with Gasteiger partial charge in [0.15, 0.2) is 0 Å². The van der Waals surface area contributed by atoms with Crippen LogP contribution in [0.25, 0.3) is 0 Å². The van der Waals surface area contributed by atoms with E-state index in [-0.39, 0.29) is 29.5 Å². The predicted molar refractivity (Wildman–Crippen MR) is 99.5 cm³/mol. The summed E-state index contributed by atoms with van der Waals surface area (Å²) >= 11 is 0. The molecule has 1 amide bonds. The van der Waals surface area contributed by atoms with Gasteiger partial charge in [-0.15, -0.1) is 0 Å². The van der Waals surface area contributed by atoms with E-state index in [0.717, 1.165) is 32.1 Å². The maximum Gasteiger partial charge on any atom is 0.251 e. The lowest BCUT2D eigenvalue weighted by Crippen LogP contribution is -2.41. The molecule has 0 bridgehead atoms. The van der Waals surface area contributed by atoms with Crippen LogP contribution >= 0.6 is 0 Å². The quantitative estimate of drug-likeness (QED) is 0.794. The number of hydrogen-bond acceptors (Lipinski definition) is 4. The van der Waals surface area contributed by atoms with E-state index in [4.69, 9.17) is 4.74 Å². The Labute approximate surface area is 155 Å². The maximum atomic E-state index is 12.4. The van der Waals surface area contributed by atoms with Crippen molar-refractivity contribution in [2.24, 2.45) is 5.92 Å². The largest absolute Gasteiger partial charge is 0.377 e. The van der Waals surface area contributed by atoms with Crippen molar-refractivity contribution in [3.05, 3.63) is 29.8 Å². The second-order valence-corrected chi connectivity index (χ2v) is 9.12. The van der Waals surface area contributed by atoms with Gasteiger partial charge in [0.05, 0.1) is 11.0 Å². The van der Waals surface area contributed by atoms with Gasteiger partial charge < -0.3 is 10.1 Å². The smallest absolute Gasteiger partial charge is 0.251 e. The molecule has 0 unspecified atom stereocenters. The lowest BCUT2D eigenvalue weighted by Gasteiger charge is -2.29. The van der Waals surface area contributed by atoms with E-state index in [2.05, 4.69) is 17.0 Å². The van der Waals surface area contributed by atoms with Crippen molar-refractivity contribution in [1.82, 2.24) is 10.0 Å². The van der Waals surface area contributed by atoms with Crippen LogP contribution in [0.1, 0.15) is 55.8 Å². The third kappa shape index (κ3) is 4.84. The highest BCUT2D eigenvalue weighted by Gasteiger charge is 2.24. The Bertz CT molecular complexity index is 712. The Morgan fingerprint density at radius 3 is 2.50 bits per heavy atom. The van der Waals surface area contributed by atoms with Crippen molar-refractivity contribution < 1.29 is 17.9 Å². The summed E-state index contributed by atoms with van der Waals surface area (Å²) < 4.78 is 32.7. The predicted octanol–water partition coefficient (Wildman–Crippen LogP) is 2.45. The van der Waals surface area contributed by atoms with Crippen molar-refractivity contribution in [3.63, 3.8) is 0 Å². The molecule has 7 heteroatoms. The monoisotopic (exact) mass is 380 g/mol. The molecule has 0 aromatic heterocycles. The molecule has 6 nitrogen and oxygen atoms in total. The number of carbonyl (C=O) groups is 1. The standard InChI is InChI=1S/C19H28N2O4S/c1-14-5-2-3-7-18(14)21-19(22)15-8-10-17(11-9-15)26(23,24)20-13-16-6-4-12-25-16/h8-11,14,16,18,20H,2-7,12-13H2,1H3,(H,21,22)/t14-,16-,18-/m1/s1. The Morgan fingerprint density at radius 1 is 1.12 bits per heavy atom. The van der Waals surface area contributed by atoms with Crippen LogP contribution in [0.3, 0.4) is 0 Å². The van der Waals surface area contributed by atoms with E-state index < -0.39 is 10.0 Å². The number of carbonyl (C=O) groups excluding carboxylic acids is 1. The van der Waals surface area contributed by atoms with Gasteiger partial charge in [0.2, 0.25) is 10.0 Å². The summed E-state index contributed by atoms with van der Waals surface area (Å²) in [5, 5.41) is 3.08. The Balaban J connectivity index is 1.58. The fourth-order valence-electron chi connectivity index (χ4n) is 3.66. The number of amides is 1. The second kappa shape index (κ2) is 8.50. The van der Waals surface area contributed by atoms with Gasteiger partial charge in [-0.1, -0.05) is 19.8 Å². The summed E-state index contributed by atoms with van der Waals surface area (Å²) in [7, 11) is -3.59. The Kier molecular flexibility index (Phi) is 6.32. The third-order valence-electron chi connectivity index (χ3n) is 5.38. The van der Waals surface area contributed by atoms with E-state index >= 15 is 0 Å². The number of sulfonamides is 1. The Hall–Kier alpha value is -1.44. The fraction of sp³-hybridized carbons (Fsp3) is 0.632. The number of ether oxygens (including phenoxy) is 1. The second-order valence-electron chi connectivity index (χ2n) is 7.35. The van der Waals surface area contributed by atoms with Gasteiger partial charge in [-0.25, -0.2) is 13.1 Å². The first kappa shape index (κ1) is 19.3. The normalized spacial score (nSPS) is 26.6. The van der Waals surface area contributed by atoms with Crippen molar-refractivity contribution in [2.75, 3.05) is 13.2 Å². The molecule has 1 aliphatic heterocycles. The van der Waals surface area contributed by atoms with Crippen LogP contribution in [0.2, 0.25) is 0 Å². The van der Waals surface area contributed by atoms with Gasteiger partial charge in [-0.3, -0.25) is 4.79 Å². The fourth-order valence-corrected chi connectivity index (χ4v) is 4.73. The van der Waals surface area contributed by atoms with Crippen molar-refractivity contribution in [3.8, 4) is 0 Å². The van der Waals surface area contributed by atoms with Gasteiger partial charge in [-0.05, 0) is 55.9 Å². The molecule has 0 spiro atoms. The molecule has 144 valence electrons. The molecule has 1 aromatic carbocycles. The van der Waals surface area contributed by atoms with Crippen molar-refractivity contribution in [2.45, 2.75) is 62.5 Å². The summed E-state index contributed by atoms with van der Waals surface area (Å²) in [4.78, 5) is 12.6. The zero-order chi connectivity index (χ0) is 18.6. The highest BCUT2D eigenvalue weighted by Crippen LogP contribution is 2.24. The highest BCUT2D eigenvalue weighted by molar-refractivity contribution is 7.89. The lowest BCUT2D eigenvalue weighted by molar-refractivity contribution is 0.0910. The summed E-state index contributed by atoms with van der Waals surface area (Å²) in [6.07, 6.45) is 6.30. The van der Waals surface area contributed by atoms with Crippen LogP contribution in [0.4, 0.5) is 0 Å². The Morgan fingerprint density at radius 2 is 1.85 bits per heavy atom. The van der Waals surface area contributed by atoms with Crippen LogP contribution in [0, 0.1) is 5.92 Å².